The second-order valence-corrected chi connectivity index (χ2v) is 5.20. The summed E-state index contributed by atoms with van der Waals surface area (Å²) < 4.78 is 0. The Morgan fingerprint density at radius 1 is 1.50 bits per heavy atom. The molecule has 0 amide bonds. The van der Waals surface area contributed by atoms with E-state index < -0.39 is 0 Å². The van der Waals surface area contributed by atoms with Crippen molar-refractivity contribution in [3.8, 4) is 6.07 Å². The van der Waals surface area contributed by atoms with Crippen LogP contribution in [0, 0.1) is 24.2 Å². The Morgan fingerprint density at radius 3 is 2.94 bits per heavy atom. The average Bonchev–Trinajstić information content (AvgIpc) is 2.39. The lowest BCUT2D eigenvalue weighted by molar-refractivity contribution is 0.348. The largest absolute Gasteiger partial charge is 0.370 e. The topological polar surface area (TPSA) is 53.0 Å². The minimum absolute atomic E-state index is 0.308. The molecule has 2 atom stereocenters. The highest BCUT2D eigenvalue weighted by Gasteiger charge is 2.26. The van der Waals surface area contributed by atoms with Gasteiger partial charge in [0.2, 0.25) is 0 Å². The fourth-order valence-corrected chi connectivity index (χ4v) is 2.72. The number of rotatable bonds is 2. The maximum absolute atomic E-state index is 9.25. The number of nitrogens with two attached hydrogens (primary N) is 1. The molecule has 2 N–H and O–H groups in total. The molecule has 1 saturated heterocycles. The third kappa shape index (κ3) is 2.49. The van der Waals surface area contributed by atoms with Crippen LogP contribution in [0.1, 0.15) is 30.9 Å². The summed E-state index contributed by atoms with van der Waals surface area (Å²) in [7, 11) is 0. The van der Waals surface area contributed by atoms with Crippen LogP contribution in [-0.2, 0) is 0 Å². The molecule has 2 unspecified atom stereocenters. The van der Waals surface area contributed by atoms with Crippen molar-refractivity contribution in [1.82, 2.24) is 0 Å². The van der Waals surface area contributed by atoms with Crippen molar-refractivity contribution in [2.45, 2.75) is 32.7 Å². The Morgan fingerprint density at radius 2 is 2.28 bits per heavy atom. The highest BCUT2D eigenvalue weighted by atomic mass is 15.1. The maximum atomic E-state index is 9.25. The zero-order chi connectivity index (χ0) is 13.1. The first-order valence-corrected chi connectivity index (χ1v) is 6.67. The molecule has 2 rings (SSSR count). The van der Waals surface area contributed by atoms with Gasteiger partial charge >= 0.3 is 0 Å². The number of benzene rings is 1. The van der Waals surface area contributed by atoms with Crippen LogP contribution in [0.2, 0.25) is 0 Å². The van der Waals surface area contributed by atoms with Gasteiger partial charge in [0.1, 0.15) is 6.07 Å². The monoisotopic (exact) mass is 243 g/mol. The van der Waals surface area contributed by atoms with Gasteiger partial charge in [0.25, 0.3) is 0 Å². The van der Waals surface area contributed by atoms with Crippen LogP contribution in [0.25, 0.3) is 0 Å². The van der Waals surface area contributed by atoms with Crippen LogP contribution in [0.15, 0.2) is 18.2 Å². The van der Waals surface area contributed by atoms with Gasteiger partial charge in [0.05, 0.1) is 11.3 Å². The summed E-state index contributed by atoms with van der Waals surface area (Å²) in [6, 6.07) is 8.72. The fraction of sp³-hybridized carbons (Fsp3) is 0.533. The minimum atomic E-state index is 0.308. The number of nitriles is 1. The first-order chi connectivity index (χ1) is 8.65. The highest BCUT2D eigenvalue weighted by molar-refractivity contribution is 5.60. The number of anilines is 1. The molecular formula is C15H21N3. The Bertz CT molecular complexity index is 461. The van der Waals surface area contributed by atoms with E-state index in [9.17, 15) is 5.26 Å². The second kappa shape index (κ2) is 5.41. The zero-order valence-electron chi connectivity index (χ0n) is 11.2. The third-order valence-corrected chi connectivity index (χ3v) is 3.93. The number of piperidine rings is 1. The van der Waals surface area contributed by atoms with Crippen molar-refractivity contribution in [3.63, 3.8) is 0 Å². The summed E-state index contributed by atoms with van der Waals surface area (Å²) >= 11 is 0. The normalized spacial score (nSPS) is 23.8. The standard InChI is InChI=1S/C15H21N3/c1-3-12-10-18(7-6-14(12)17)15-5-4-11(2)8-13(15)9-16/h4-5,8,12,14H,3,6-7,10,17H2,1-2H3. The van der Waals surface area contributed by atoms with Crippen LogP contribution in [0.4, 0.5) is 5.69 Å². The molecule has 1 aromatic carbocycles. The Balaban J connectivity index is 2.25. The molecule has 1 aliphatic rings. The lowest BCUT2D eigenvalue weighted by Crippen LogP contribution is -2.47. The molecule has 0 radical (unpaired) electrons. The van der Waals surface area contributed by atoms with Gasteiger partial charge in [-0.15, -0.1) is 0 Å². The van der Waals surface area contributed by atoms with Gasteiger partial charge in [0, 0.05) is 19.1 Å². The number of nitrogens with zero attached hydrogens (tertiary/aromatic N) is 2. The molecule has 0 aliphatic carbocycles. The van der Waals surface area contributed by atoms with Gasteiger partial charge in [-0.2, -0.15) is 5.26 Å². The lowest BCUT2D eigenvalue weighted by atomic mass is 9.90. The average molecular weight is 243 g/mol. The van der Waals surface area contributed by atoms with Gasteiger partial charge in [-0.3, -0.25) is 0 Å². The van der Waals surface area contributed by atoms with Crippen LogP contribution in [0.3, 0.4) is 0 Å². The summed E-state index contributed by atoms with van der Waals surface area (Å²) in [6.45, 7) is 6.13. The highest BCUT2D eigenvalue weighted by Crippen LogP contribution is 2.27. The van der Waals surface area contributed by atoms with Crippen LogP contribution in [0.5, 0.6) is 0 Å². The molecule has 1 aromatic rings. The Hall–Kier alpha value is -1.53. The van der Waals surface area contributed by atoms with Crippen LogP contribution < -0.4 is 10.6 Å². The van der Waals surface area contributed by atoms with Crippen LogP contribution in [-0.4, -0.2) is 19.1 Å². The lowest BCUT2D eigenvalue weighted by Gasteiger charge is -2.38. The molecule has 0 aromatic heterocycles. The SMILES string of the molecule is CCC1CN(c2ccc(C)cc2C#N)CCC1N. The van der Waals surface area contributed by atoms with Crippen molar-refractivity contribution >= 4 is 5.69 Å². The van der Waals surface area contributed by atoms with E-state index in [0.717, 1.165) is 42.7 Å². The van der Waals surface area contributed by atoms with Gasteiger partial charge < -0.3 is 10.6 Å². The van der Waals surface area contributed by atoms with Gasteiger partial charge in [-0.05, 0) is 37.0 Å². The molecule has 18 heavy (non-hydrogen) atoms. The number of hydrogen-bond donors (Lipinski definition) is 1. The smallest absolute Gasteiger partial charge is 0.101 e. The van der Waals surface area contributed by atoms with E-state index in [1.807, 2.05) is 13.0 Å². The van der Waals surface area contributed by atoms with E-state index in [1.54, 1.807) is 0 Å². The number of hydrogen-bond acceptors (Lipinski definition) is 3. The van der Waals surface area contributed by atoms with E-state index >= 15 is 0 Å². The summed E-state index contributed by atoms with van der Waals surface area (Å²) in [5.41, 5.74) is 9.11. The van der Waals surface area contributed by atoms with Gasteiger partial charge in [-0.25, -0.2) is 0 Å². The maximum Gasteiger partial charge on any atom is 0.101 e. The van der Waals surface area contributed by atoms with Gasteiger partial charge in [0.15, 0.2) is 0 Å². The zero-order valence-corrected chi connectivity index (χ0v) is 11.2. The van der Waals surface area contributed by atoms with Crippen molar-refractivity contribution in [3.05, 3.63) is 29.3 Å². The molecule has 3 nitrogen and oxygen atoms in total. The number of aryl methyl sites for hydroxylation is 1. The van der Waals surface area contributed by atoms with Crippen molar-refractivity contribution in [1.29, 1.82) is 5.26 Å². The summed E-state index contributed by atoms with van der Waals surface area (Å²) in [4.78, 5) is 2.32. The van der Waals surface area contributed by atoms with E-state index in [0.29, 0.717) is 12.0 Å². The van der Waals surface area contributed by atoms with Crippen molar-refractivity contribution in [2.75, 3.05) is 18.0 Å². The molecule has 1 aliphatic heterocycles. The molecule has 0 saturated carbocycles. The fourth-order valence-electron chi connectivity index (χ4n) is 2.72. The predicted molar refractivity (Wildman–Crippen MR) is 74.5 cm³/mol. The molecule has 1 fully saturated rings. The summed E-state index contributed by atoms with van der Waals surface area (Å²) in [5, 5.41) is 9.25. The molecular weight excluding hydrogens is 222 g/mol. The molecule has 0 spiro atoms. The Kier molecular flexibility index (Phi) is 3.88. The van der Waals surface area contributed by atoms with E-state index in [2.05, 4.69) is 30.0 Å². The molecule has 0 bridgehead atoms. The van der Waals surface area contributed by atoms with E-state index in [-0.39, 0.29) is 0 Å². The molecule has 3 heteroatoms. The van der Waals surface area contributed by atoms with Crippen LogP contribution >= 0.6 is 0 Å². The minimum Gasteiger partial charge on any atom is -0.370 e. The first kappa shape index (κ1) is 12.9. The first-order valence-electron chi connectivity index (χ1n) is 6.67. The quantitative estimate of drug-likeness (QED) is 0.868. The second-order valence-electron chi connectivity index (χ2n) is 5.20. The van der Waals surface area contributed by atoms with Crippen molar-refractivity contribution in [2.24, 2.45) is 11.7 Å². The summed E-state index contributed by atoms with van der Waals surface area (Å²) in [6.07, 6.45) is 2.11. The third-order valence-electron chi connectivity index (χ3n) is 3.93. The van der Waals surface area contributed by atoms with E-state index in [4.69, 9.17) is 5.73 Å². The van der Waals surface area contributed by atoms with Gasteiger partial charge in [-0.1, -0.05) is 19.4 Å². The molecule has 1 heterocycles. The Labute approximate surface area is 109 Å². The van der Waals surface area contributed by atoms with E-state index in [1.165, 1.54) is 0 Å². The summed E-state index contributed by atoms with van der Waals surface area (Å²) in [5.74, 6) is 0.534. The predicted octanol–water partition coefficient (Wildman–Crippen LogP) is 2.43. The molecule has 96 valence electrons. The van der Waals surface area contributed by atoms with Crippen molar-refractivity contribution < 1.29 is 0 Å².